The van der Waals surface area contributed by atoms with Crippen LogP contribution >= 0.6 is 43.2 Å². The van der Waals surface area contributed by atoms with Crippen molar-refractivity contribution in [2.75, 3.05) is 65.5 Å². The molecule has 2 rings (SSSR count). The van der Waals surface area contributed by atoms with Crippen LogP contribution in [0.5, 0.6) is 5.75 Å². The average Bonchev–Trinajstić information content (AvgIpc) is 3.44. The van der Waals surface area contributed by atoms with Crippen LogP contribution in [-0.4, -0.2) is 123 Å². The van der Waals surface area contributed by atoms with Crippen LogP contribution in [0.4, 0.5) is 0 Å². The molecule has 47 heavy (non-hydrogen) atoms. The van der Waals surface area contributed by atoms with Crippen LogP contribution in [0.15, 0.2) is 24.3 Å². The van der Waals surface area contributed by atoms with E-state index in [1.165, 1.54) is 10.8 Å². The Morgan fingerprint density at radius 1 is 1.19 bits per heavy atom. The number of ether oxygens (including phenoxy) is 5. The highest BCUT2D eigenvalue weighted by atomic mass is 33.1. The van der Waals surface area contributed by atoms with Crippen molar-refractivity contribution >= 4 is 62.3 Å². The predicted octanol–water partition coefficient (Wildman–Crippen LogP) is 1.86. The molecule has 1 saturated heterocycles. The number of nitrogens with one attached hydrogen (secondary N) is 2. The molecule has 0 bridgehead atoms. The molecule has 5 atom stereocenters. The topological polar surface area (TPSA) is 177 Å². The molecule has 1 fully saturated rings. The maximum Gasteiger partial charge on any atom is 0.251 e. The minimum absolute atomic E-state index is 0.00619. The second-order valence-electron chi connectivity index (χ2n) is 11.0. The summed E-state index contributed by atoms with van der Waals surface area (Å²) >= 11 is 0. The van der Waals surface area contributed by atoms with Crippen LogP contribution in [-0.2, 0) is 23.7 Å². The third kappa shape index (κ3) is 18.3. The first-order valence-electron chi connectivity index (χ1n) is 15.2. The summed E-state index contributed by atoms with van der Waals surface area (Å²) in [5.41, 5.74) is 11.2. The third-order valence-corrected chi connectivity index (χ3v) is 11.4. The minimum Gasteiger partial charge on any atom is -0.490 e. The van der Waals surface area contributed by atoms with Crippen molar-refractivity contribution in [3.63, 3.8) is 0 Å². The number of aliphatic hydroxyl groups excluding tert-OH is 1. The summed E-state index contributed by atoms with van der Waals surface area (Å²) in [7, 11) is 8.04. The Kier molecular flexibility index (Phi) is 21.3. The number of amides is 2. The summed E-state index contributed by atoms with van der Waals surface area (Å²) in [4.78, 5) is 24.4. The molecular formula is C30H48BN4O8S4. The van der Waals surface area contributed by atoms with Gasteiger partial charge in [0.05, 0.1) is 32.5 Å². The average molecular weight is 732 g/mol. The molecule has 0 spiro atoms. The number of nitrogens with two attached hydrogens (primary N) is 2. The lowest BCUT2D eigenvalue weighted by Gasteiger charge is -2.22. The first-order valence-corrected chi connectivity index (χ1v) is 20.1. The van der Waals surface area contributed by atoms with E-state index in [4.69, 9.17) is 35.2 Å². The molecule has 1 aliphatic rings. The van der Waals surface area contributed by atoms with E-state index in [1.807, 2.05) is 6.26 Å². The fourth-order valence-electron chi connectivity index (χ4n) is 3.86. The molecule has 2 amide bonds. The first-order chi connectivity index (χ1) is 22.6. The van der Waals surface area contributed by atoms with E-state index in [9.17, 15) is 14.7 Å². The molecule has 1 aromatic carbocycles. The summed E-state index contributed by atoms with van der Waals surface area (Å²) < 4.78 is 29.3. The van der Waals surface area contributed by atoms with E-state index < -0.39 is 6.10 Å². The van der Waals surface area contributed by atoms with Gasteiger partial charge in [0.25, 0.3) is 13.2 Å². The standard InChI is InChI=1S/C30H48BN4O8S4/c1-30(2,3)47-46-28(20-41-22-8-5-7-21(15-22)29(38)35-12-10-32)40-14-13-39-19-26(37)34-11-6-9-31-25-16-23(24(18-36)42-25)43-27(17-33)45-44-4/h5,7-8,15,23-25,27-28,36H,10-14,16-20,32-33H2,1-4H3,(H,34,37)(H,35,38)/t23-,24?,25-,27-,28?/m1/s1. The van der Waals surface area contributed by atoms with Gasteiger partial charge in [-0.1, -0.05) is 75.9 Å². The second-order valence-corrected chi connectivity index (χ2v) is 16.8. The molecule has 0 aliphatic carbocycles. The van der Waals surface area contributed by atoms with Crippen LogP contribution in [0.3, 0.4) is 0 Å². The monoisotopic (exact) mass is 731 g/mol. The van der Waals surface area contributed by atoms with Gasteiger partial charge in [0, 0.05) is 35.9 Å². The Labute approximate surface area is 295 Å². The number of benzene rings is 1. The van der Waals surface area contributed by atoms with Gasteiger partial charge < -0.3 is 50.9 Å². The second kappa shape index (κ2) is 24.0. The summed E-state index contributed by atoms with van der Waals surface area (Å²) in [6.45, 7) is 8.07. The van der Waals surface area contributed by atoms with Gasteiger partial charge in [-0.25, -0.2) is 0 Å². The van der Waals surface area contributed by atoms with Gasteiger partial charge in [-0.05, 0) is 30.9 Å². The maximum absolute atomic E-state index is 12.3. The lowest BCUT2D eigenvalue weighted by Crippen LogP contribution is -2.33. The third-order valence-electron chi connectivity index (χ3n) is 5.96. The van der Waals surface area contributed by atoms with Gasteiger partial charge in [-0.2, -0.15) is 5.82 Å². The Hall–Kier alpha value is -1.30. The highest BCUT2D eigenvalue weighted by Gasteiger charge is 2.37. The molecule has 1 aliphatic heterocycles. The molecule has 0 saturated carbocycles. The summed E-state index contributed by atoms with van der Waals surface area (Å²) in [5.74, 6) is 5.83. The zero-order valence-corrected chi connectivity index (χ0v) is 30.7. The number of hydrogen-bond donors (Lipinski definition) is 5. The van der Waals surface area contributed by atoms with Crippen molar-refractivity contribution in [3.05, 3.63) is 29.8 Å². The molecule has 2 unspecified atom stereocenters. The van der Waals surface area contributed by atoms with E-state index in [0.717, 1.165) is 0 Å². The predicted molar refractivity (Wildman–Crippen MR) is 195 cm³/mol. The van der Waals surface area contributed by atoms with Crippen LogP contribution in [0.25, 0.3) is 0 Å². The molecule has 0 aromatic heterocycles. The van der Waals surface area contributed by atoms with Gasteiger partial charge in [0.1, 0.15) is 35.9 Å². The lowest BCUT2D eigenvalue weighted by molar-refractivity contribution is -0.126. The zero-order valence-electron chi connectivity index (χ0n) is 27.4. The van der Waals surface area contributed by atoms with Crippen molar-refractivity contribution in [1.82, 2.24) is 10.6 Å². The van der Waals surface area contributed by atoms with Crippen LogP contribution in [0, 0.1) is 11.7 Å². The van der Waals surface area contributed by atoms with Crippen LogP contribution in [0.1, 0.15) is 37.6 Å². The van der Waals surface area contributed by atoms with E-state index in [1.54, 1.807) is 63.9 Å². The number of rotatable bonds is 22. The fraction of sp³-hybridized carbons (Fsp3) is 0.667. The normalized spacial score (nSPS) is 18.9. The molecule has 1 heterocycles. The van der Waals surface area contributed by atoms with Crippen molar-refractivity contribution < 1.29 is 38.4 Å². The largest absolute Gasteiger partial charge is 0.490 e. The maximum atomic E-state index is 12.3. The smallest absolute Gasteiger partial charge is 0.251 e. The van der Waals surface area contributed by atoms with Crippen LogP contribution in [0.2, 0.25) is 0 Å². The zero-order chi connectivity index (χ0) is 34.5. The molecule has 7 N–H and O–H groups in total. The van der Waals surface area contributed by atoms with Crippen molar-refractivity contribution in [2.24, 2.45) is 11.5 Å². The quantitative estimate of drug-likeness (QED) is 0.0384. The van der Waals surface area contributed by atoms with E-state index >= 15 is 0 Å². The Bertz CT molecular complexity index is 1130. The Balaban J connectivity index is 1.69. The van der Waals surface area contributed by atoms with Gasteiger partial charge in [-0.3, -0.25) is 9.59 Å². The fourth-order valence-corrected chi connectivity index (χ4v) is 7.55. The van der Waals surface area contributed by atoms with Crippen molar-refractivity contribution in [3.8, 4) is 17.5 Å². The molecular weight excluding hydrogens is 683 g/mol. The molecule has 12 nitrogen and oxygen atoms in total. The van der Waals surface area contributed by atoms with Gasteiger partial charge in [0.15, 0.2) is 0 Å². The van der Waals surface area contributed by atoms with Gasteiger partial charge >= 0.3 is 0 Å². The van der Waals surface area contributed by atoms with E-state index in [0.29, 0.717) is 37.4 Å². The van der Waals surface area contributed by atoms with E-state index in [-0.39, 0.29) is 79.1 Å². The number of hydrogen-bond acceptors (Lipinski definition) is 14. The highest BCUT2D eigenvalue weighted by Crippen LogP contribution is 2.38. The first kappa shape index (κ1) is 41.9. The molecule has 263 valence electrons. The summed E-state index contributed by atoms with van der Waals surface area (Å²) in [6, 6.07) is 6.66. The molecule has 17 heteroatoms. The molecule has 1 aromatic rings. The minimum atomic E-state index is -0.438. The number of carbonyl (C=O) groups excluding carboxylic acids is 2. The van der Waals surface area contributed by atoms with Crippen LogP contribution < -0.4 is 26.8 Å². The van der Waals surface area contributed by atoms with Crippen molar-refractivity contribution in [2.45, 2.75) is 61.0 Å². The SMILES string of the molecule is CSS[C@H](CN)O[C@@H]1C[C@H]([B]C#CCNC(=O)COCCOC(COc2cccc(C(=O)NCCN)c2)SSC(C)(C)C)OC1CO. The lowest BCUT2D eigenvalue weighted by atomic mass is 9.71. The van der Waals surface area contributed by atoms with E-state index in [2.05, 4.69) is 43.1 Å². The highest BCUT2D eigenvalue weighted by molar-refractivity contribution is 8.77. The van der Waals surface area contributed by atoms with Gasteiger partial charge in [-0.15, -0.1) is 0 Å². The Morgan fingerprint density at radius 3 is 2.70 bits per heavy atom. The summed E-state index contributed by atoms with van der Waals surface area (Å²) in [5, 5.41) is 15.1. The molecule has 1 radical (unpaired) electrons. The van der Waals surface area contributed by atoms with Gasteiger partial charge in [0.2, 0.25) is 5.91 Å². The van der Waals surface area contributed by atoms with Crippen molar-refractivity contribution in [1.29, 1.82) is 0 Å². The number of aliphatic hydroxyl groups is 1. The summed E-state index contributed by atoms with van der Waals surface area (Å²) in [6.07, 6.45) is 1.81. The Morgan fingerprint density at radius 2 is 2.00 bits per heavy atom. The number of carbonyl (C=O) groups is 2.